The number of fused-ring (bicyclic) bond motifs is 7. The van der Waals surface area contributed by atoms with Gasteiger partial charge in [0.15, 0.2) is 0 Å². The first-order valence-electron chi connectivity index (χ1n) is 17.8. The molecule has 0 aromatic heterocycles. The highest BCUT2D eigenvalue weighted by atomic mass is 16.4. The Morgan fingerprint density at radius 2 is 1.66 bits per heavy atom. The lowest BCUT2D eigenvalue weighted by Gasteiger charge is -2.71. The summed E-state index contributed by atoms with van der Waals surface area (Å²) < 4.78 is 0. The third-order valence-electron chi connectivity index (χ3n) is 15.0. The van der Waals surface area contributed by atoms with Crippen LogP contribution in [0.1, 0.15) is 114 Å². The van der Waals surface area contributed by atoms with E-state index in [1.54, 1.807) is 12.1 Å². The van der Waals surface area contributed by atoms with E-state index in [0.29, 0.717) is 46.0 Å². The number of urea groups is 1. The molecular weight excluding hydrogens is 546 g/mol. The van der Waals surface area contributed by atoms with Crippen LogP contribution < -0.4 is 10.6 Å². The highest BCUT2D eigenvalue weighted by molar-refractivity contribution is 5.88. The molecule has 240 valence electrons. The van der Waals surface area contributed by atoms with Gasteiger partial charge in [0, 0.05) is 25.2 Å². The summed E-state index contributed by atoms with van der Waals surface area (Å²) in [4.78, 5) is 27.2. The highest BCUT2D eigenvalue weighted by Gasteiger charge is 2.68. The van der Waals surface area contributed by atoms with E-state index in [1.807, 2.05) is 12.1 Å². The summed E-state index contributed by atoms with van der Waals surface area (Å²) in [5.41, 5.74) is 3.85. The summed E-state index contributed by atoms with van der Waals surface area (Å²) in [6.45, 7) is 14.0. The van der Waals surface area contributed by atoms with Crippen molar-refractivity contribution in [2.75, 3.05) is 26.2 Å². The molecule has 5 fully saturated rings. The van der Waals surface area contributed by atoms with E-state index in [1.165, 1.54) is 56.1 Å². The first kappa shape index (κ1) is 30.3. The van der Waals surface area contributed by atoms with Crippen LogP contribution >= 0.6 is 0 Å². The monoisotopic (exact) mass is 601 g/mol. The molecule has 7 unspecified atom stereocenters. The van der Waals surface area contributed by atoms with Gasteiger partial charge in [0.25, 0.3) is 0 Å². The third kappa shape index (κ3) is 4.43. The number of hydrogen-bond donors (Lipinski definition) is 3. The van der Waals surface area contributed by atoms with E-state index >= 15 is 0 Å². The Kier molecular flexibility index (Phi) is 7.50. The number of nitrogens with one attached hydrogen (secondary N) is 2. The maximum atomic E-state index is 13.6. The first-order chi connectivity index (χ1) is 21.0. The van der Waals surface area contributed by atoms with Gasteiger partial charge in [-0.25, -0.2) is 9.59 Å². The zero-order valence-electron chi connectivity index (χ0n) is 27.6. The van der Waals surface area contributed by atoms with E-state index in [9.17, 15) is 14.7 Å². The smallest absolute Gasteiger partial charge is 0.335 e. The molecule has 0 bridgehead atoms. The van der Waals surface area contributed by atoms with Gasteiger partial charge in [-0.05, 0) is 140 Å². The molecule has 0 spiro atoms. The molecule has 6 nitrogen and oxygen atoms in total. The van der Waals surface area contributed by atoms with Crippen molar-refractivity contribution in [3.63, 3.8) is 0 Å². The van der Waals surface area contributed by atoms with Crippen molar-refractivity contribution in [3.05, 3.63) is 41.5 Å². The maximum Gasteiger partial charge on any atom is 0.335 e. The fourth-order valence-corrected chi connectivity index (χ4v) is 12.6. The quantitative estimate of drug-likeness (QED) is 0.333. The number of benzene rings is 1. The van der Waals surface area contributed by atoms with Crippen molar-refractivity contribution in [1.29, 1.82) is 0 Å². The summed E-state index contributed by atoms with van der Waals surface area (Å²) >= 11 is 0. The van der Waals surface area contributed by atoms with E-state index in [2.05, 4.69) is 49.3 Å². The van der Waals surface area contributed by atoms with Crippen LogP contribution in [0.25, 0.3) is 5.57 Å². The molecule has 1 aliphatic heterocycles. The molecule has 0 radical (unpaired) electrons. The third-order valence-corrected chi connectivity index (χ3v) is 15.0. The Balaban J connectivity index is 1.13. The minimum absolute atomic E-state index is 0.0154. The maximum absolute atomic E-state index is 13.6. The molecule has 9 atom stereocenters. The van der Waals surface area contributed by atoms with Gasteiger partial charge in [-0.1, -0.05) is 52.3 Å². The van der Waals surface area contributed by atoms with Gasteiger partial charge < -0.3 is 20.6 Å². The van der Waals surface area contributed by atoms with E-state index in [4.69, 9.17) is 0 Å². The van der Waals surface area contributed by atoms with Crippen molar-refractivity contribution in [3.8, 4) is 0 Å². The Bertz CT molecular complexity index is 1320. The molecule has 7 rings (SSSR count). The number of carbonyl (C=O) groups excluding carboxylic acids is 1. The molecule has 3 N–H and O–H groups in total. The van der Waals surface area contributed by atoms with Crippen molar-refractivity contribution in [1.82, 2.24) is 15.5 Å². The lowest BCUT2D eigenvalue weighted by molar-refractivity contribution is -0.210. The molecular formula is C38H55N3O3. The van der Waals surface area contributed by atoms with Crippen LogP contribution in [0.4, 0.5) is 4.79 Å². The molecule has 4 saturated carbocycles. The zero-order chi connectivity index (χ0) is 30.9. The van der Waals surface area contributed by atoms with Crippen LogP contribution in [0.2, 0.25) is 0 Å². The van der Waals surface area contributed by atoms with Crippen molar-refractivity contribution < 1.29 is 14.7 Å². The summed E-state index contributed by atoms with van der Waals surface area (Å²) in [5, 5.41) is 16.6. The number of carboxylic acid groups (broad SMARTS) is 1. The molecule has 44 heavy (non-hydrogen) atoms. The number of aromatic carboxylic acids is 1. The molecule has 6 aliphatic rings. The summed E-state index contributed by atoms with van der Waals surface area (Å²) in [6, 6.07) is 7.75. The predicted molar refractivity (Wildman–Crippen MR) is 175 cm³/mol. The van der Waals surface area contributed by atoms with Crippen LogP contribution in [0, 0.1) is 45.8 Å². The van der Waals surface area contributed by atoms with Crippen LogP contribution in [0.3, 0.4) is 0 Å². The SMILES string of the molecule is CC1C(c2ccc(C(=O)O)cc2)=CC[C@@]2(C)C1CCC1(C)C2CCC2C3CCCC3(NC(=O)N3CCCNCC3)CC[C@]21C. The molecule has 1 aromatic carbocycles. The topological polar surface area (TPSA) is 81.7 Å². The number of rotatable bonds is 3. The number of carbonyl (C=O) groups is 2. The summed E-state index contributed by atoms with van der Waals surface area (Å²) in [5.74, 6) is 2.25. The van der Waals surface area contributed by atoms with Crippen molar-refractivity contribution >= 4 is 17.6 Å². The predicted octanol–water partition coefficient (Wildman–Crippen LogP) is 7.60. The second-order valence-corrected chi connectivity index (χ2v) is 16.4. The Labute approximate surface area is 264 Å². The Morgan fingerprint density at radius 3 is 2.43 bits per heavy atom. The number of amides is 2. The van der Waals surface area contributed by atoms with Crippen LogP contribution in [-0.4, -0.2) is 53.7 Å². The van der Waals surface area contributed by atoms with Crippen molar-refractivity contribution in [2.45, 2.75) is 104 Å². The Morgan fingerprint density at radius 1 is 0.864 bits per heavy atom. The van der Waals surface area contributed by atoms with Crippen LogP contribution in [0.15, 0.2) is 30.3 Å². The first-order valence-corrected chi connectivity index (χ1v) is 17.8. The largest absolute Gasteiger partial charge is 0.478 e. The van der Waals surface area contributed by atoms with E-state index < -0.39 is 5.97 Å². The normalized spacial score (nSPS) is 43.4. The number of allylic oxidation sites excluding steroid dienone is 2. The molecule has 6 heteroatoms. The molecule has 1 heterocycles. The lowest BCUT2D eigenvalue weighted by atomic mass is 9.34. The molecule has 1 aromatic rings. The van der Waals surface area contributed by atoms with Crippen LogP contribution in [-0.2, 0) is 0 Å². The van der Waals surface area contributed by atoms with Gasteiger partial charge in [-0.15, -0.1) is 0 Å². The molecule has 5 aliphatic carbocycles. The number of carboxylic acids is 1. The van der Waals surface area contributed by atoms with Crippen molar-refractivity contribution in [2.24, 2.45) is 45.8 Å². The second kappa shape index (κ2) is 10.9. The van der Waals surface area contributed by atoms with Gasteiger partial charge in [0.1, 0.15) is 0 Å². The fraction of sp³-hybridized carbons (Fsp3) is 0.737. The highest BCUT2D eigenvalue weighted by Crippen LogP contribution is 2.75. The molecule has 1 saturated heterocycles. The van der Waals surface area contributed by atoms with Gasteiger partial charge >= 0.3 is 12.0 Å². The van der Waals surface area contributed by atoms with Crippen LogP contribution in [0.5, 0.6) is 0 Å². The minimum Gasteiger partial charge on any atom is -0.478 e. The van der Waals surface area contributed by atoms with E-state index in [-0.39, 0.29) is 17.0 Å². The zero-order valence-corrected chi connectivity index (χ0v) is 27.6. The fourth-order valence-electron chi connectivity index (χ4n) is 12.6. The minimum atomic E-state index is -0.861. The standard InChI is InChI=1S/C38H55N3O3/c1-25-28(26-8-10-27(11-9-26)33(42)43)14-17-35(2)29(25)15-18-37(4)32(35)13-12-30-31-7-5-16-38(31,20-19-36(30,37)3)40-34(44)41-23-6-21-39-22-24-41/h8-11,14,25,29-32,39H,5-7,12-13,15-24H2,1-4H3,(H,40,44)(H,42,43)/t25?,29?,30?,31?,32?,35-,36+,37?,38?/m0/s1. The number of nitrogens with zero attached hydrogens (tertiary/aromatic N) is 1. The summed E-state index contributed by atoms with van der Waals surface area (Å²) in [6.07, 6.45) is 15.9. The second-order valence-electron chi connectivity index (χ2n) is 16.4. The Hall–Kier alpha value is -2.34. The lowest BCUT2D eigenvalue weighted by Crippen LogP contribution is -2.67. The van der Waals surface area contributed by atoms with Gasteiger partial charge in [0.05, 0.1) is 5.56 Å². The summed E-state index contributed by atoms with van der Waals surface area (Å²) in [7, 11) is 0. The number of hydrogen-bond acceptors (Lipinski definition) is 3. The average Bonchev–Trinajstić information content (AvgIpc) is 3.22. The molecule has 2 amide bonds. The van der Waals surface area contributed by atoms with E-state index in [0.717, 1.165) is 51.9 Å². The van der Waals surface area contributed by atoms with Gasteiger partial charge in [0.2, 0.25) is 0 Å². The van der Waals surface area contributed by atoms with Gasteiger partial charge in [-0.3, -0.25) is 0 Å². The average molecular weight is 602 g/mol. The van der Waals surface area contributed by atoms with Gasteiger partial charge in [-0.2, -0.15) is 0 Å².